The van der Waals surface area contributed by atoms with Gasteiger partial charge in [-0.1, -0.05) is 0 Å². The van der Waals surface area contributed by atoms with Gasteiger partial charge in [-0.25, -0.2) is 0 Å². The zero-order valence-electron chi connectivity index (χ0n) is 10.1. The van der Waals surface area contributed by atoms with Crippen molar-refractivity contribution in [2.45, 2.75) is 43.8 Å². The highest BCUT2D eigenvalue weighted by Gasteiger charge is 2.40. The Kier molecular flexibility index (Phi) is 4.01. The Morgan fingerprint density at radius 1 is 1.53 bits per heavy atom. The quantitative estimate of drug-likeness (QED) is 0.754. The van der Waals surface area contributed by atoms with Crippen LogP contribution >= 0.6 is 0 Å². The molecule has 98 valence electrons. The van der Waals surface area contributed by atoms with Crippen molar-refractivity contribution in [2.75, 3.05) is 26.2 Å². The maximum absolute atomic E-state index is 10.6. The van der Waals surface area contributed by atoms with Crippen LogP contribution in [0.1, 0.15) is 32.1 Å². The van der Waals surface area contributed by atoms with Gasteiger partial charge in [0.05, 0.1) is 18.1 Å². The second-order valence-electron chi connectivity index (χ2n) is 5.20. The molecule has 0 aromatic rings. The van der Waals surface area contributed by atoms with Crippen LogP contribution < -0.4 is 0 Å². The number of aliphatic hydroxyl groups is 1. The van der Waals surface area contributed by atoms with E-state index in [1.807, 2.05) is 0 Å². The highest BCUT2D eigenvalue weighted by molar-refractivity contribution is 5.66. The second-order valence-corrected chi connectivity index (χ2v) is 5.20. The number of likely N-dealkylation sites (tertiary alicyclic amines) is 1. The molecule has 17 heavy (non-hydrogen) atoms. The number of hydrogen-bond acceptors (Lipinski definition) is 4. The number of carboxylic acid groups (broad SMARTS) is 1. The standard InChI is InChI=1S/C12H21NO4/c14-10-3-7-17-12(8-10)4-1-5-13(9-12)6-2-11(15)16/h10,14H,1-9H2,(H,15,16)/t10-,12-/m0/s1. The molecule has 2 N–H and O–H groups in total. The lowest BCUT2D eigenvalue weighted by atomic mass is 9.84. The molecule has 2 aliphatic rings. The van der Waals surface area contributed by atoms with Crippen molar-refractivity contribution in [3.05, 3.63) is 0 Å². The summed E-state index contributed by atoms with van der Waals surface area (Å²) in [5.41, 5.74) is -0.228. The molecule has 5 nitrogen and oxygen atoms in total. The summed E-state index contributed by atoms with van der Waals surface area (Å²) in [6.45, 7) is 2.90. The van der Waals surface area contributed by atoms with Gasteiger partial charge in [-0.15, -0.1) is 0 Å². The number of ether oxygens (including phenoxy) is 1. The Morgan fingerprint density at radius 2 is 2.35 bits per heavy atom. The maximum atomic E-state index is 10.6. The van der Waals surface area contributed by atoms with E-state index in [0.717, 1.165) is 32.4 Å². The maximum Gasteiger partial charge on any atom is 0.304 e. The van der Waals surface area contributed by atoms with Crippen LogP contribution in [0.2, 0.25) is 0 Å². The van der Waals surface area contributed by atoms with E-state index in [-0.39, 0.29) is 18.1 Å². The van der Waals surface area contributed by atoms with Crippen LogP contribution in [0.4, 0.5) is 0 Å². The van der Waals surface area contributed by atoms with Gasteiger partial charge in [0, 0.05) is 26.1 Å². The largest absolute Gasteiger partial charge is 0.481 e. The van der Waals surface area contributed by atoms with Gasteiger partial charge in [-0.2, -0.15) is 0 Å². The highest BCUT2D eigenvalue weighted by atomic mass is 16.5. The summed E-state index contributed by atoms with van der Waals surface area (Å²) in [7, 11) is 0. The number of aliphatic carboxylic acids is 1. The molecule has 0 aromatic heterocycles. The zero-order chi connectivity index (χ0) is 12.3. The number of rotatable bonds is 3. The van der Waals surface area contributed by atoms with E-state index in [1.165, 1.54) is 0 Å². The summed E-state index contributed by atoms with van der Waals surface area (Å²) in [6, 6.07) is 0. The zero-order valence-corrected chi connectivity index (χ0v) is 10.1. The summed E-state index contributed by atoms with van der Waals surface area (Å²) < 4.78 is 5.86. The van der Waals surface area contributed by atoms with Crippen molar-refractivity contribution in [1.29, 1.82) is 0 Å². The topological polar surface area (TPSA) is 70.0 Å². The number of piperidine rings is 1. The molecule has 2 saturated heterocycles. The van der Waals surface area contributed by atoms with Gasteiger partial charge in [0.15, 0.2) is 0 Å². The number of carboxylic acids is 1. The SMILES string of the molecule is O=C(O)CCN1CCC[C@]2(C[C@@H](O)CCO2)C1. The molecular weight excluding hydrogens is 222 g/mol. The van der Waals surface area contributed by atoms with Crippen molar-refractivity contribution in [3.63, 3.8) is 0 Å². The minimum Gasteiger partial charge on any atom is -0.481 e. The molecule has 0 unspecified atom stereocenters. The Bertz CT molecular complexity index is 280. The average molecular weight is 243 g/mol. The fraction of sp³-hybridized carbons (Fsp3) is 0.917. The van der Waals surface area contributed by atoms with Gasteiger partial charge in [-0.05, 0) is 25.8 Å². The lowest BCUT2D eigenvalue weighted by molar-refractivity contribution is -0.149. The summed E-state index contributed by atoms with van der Waals surface area (Å²) in [5.74, 6) is -0.755. The molecule has 0 saturated carbocycles. The Morgan fingerprint density at radius 3 is 3.06 bits per heavy atom. The lowest BCUT2D eigenvalue weighted by Crippen LogP contribution is -2.54. The predicted molar refractivity (Wildman–Crippen MR) is 61.9 cm³/mol. The summed E-state index contributed by atoms with van der Waals surface area (Å²) in [6.07, 6.45) is 3.33. The van der Waals surface area contributed by atoms with E-state index in [9.17, 15) is 9.90 Å². The van der Waals surface area contributed by atoms with Crippen molar-refractivity contribution in [2.24, 2.45) is 0 Å². The molecule has 0 radical (unpaired) electrons. The first-order valence-corrected chi connectivity index (χ1v) is 6.36. The summed E-state index contributed by atoms with van der Waals surface area (Å²) in [5, 5.41) is 18.4. The van der Waals surface area contributed by atoms with Gasteiger partial charge in [0.1, 0.15) is 0 Å². The monoisotopic (exact) mass is 243 g/mol. The molecule has 0 aromatic carbocycles. The van der Waals surface area contributed by atoms with Crippen LogP contribution in [0.3, 0.4) is 0 Å². The average Bonchev–Trinajstić information content (AvgIpc) is 2.26. The molecule has 2 atom stereocenters. The van der Waals surface area contributed by atoms with Crippen molar-refractivity contribution in [1.82, 2.24) is 4.90 Å². The second kappa shape index (κ2) is 5.33. The molecule has 2 fully saturated rings. The van der Waals surface area contributed by atoms with Crippen LogP contribution in [0, 0.1) is 0 Å². The van der Waals surface area contributed by atoms with E-state index in [2.05, 4.69) is 4.90 Å². The minimum atomic E-state index is -0.755. The molecule has 2 aliphatic heterocycles. The lowest BCUT2D eigenvalue weighted by Gasteiger charge is -2.46. The smallest absolute Gasteiger partial charge is 0.304 e. The molecule has 0 bridgehead atoms. The molecule has 5 heteroatoms. The predicted octanol–water partition coefficient (Wildman–Crippen LogP) is 0.467. The summed E-state index contributed by atoms with van der Waals surface area (Å²) >= 11 is 0. The van der Waals surface area contributed by atoms with Crippen molar-refractivity contribution in [3.8, 4) is 0 Å². The normalized spacial score (nSPS) is 35.0. The number of nitrogens with zero attached hydrogens (tertiary/aromatic N) is 1. The van der Waals surface area contributed by atoms with E-state index in [4.69, 9.17) is 9.84 Å². The molecular formula is C12H21NO4. The molecule has 1 spiro atoms. The van der Waals surface area contributed by atoms with E-state index in [1.54, 1.807) is 0 Å². The third-order valence-corrected chi connectivity index (χ3v) is 3.73. The van der Waals surface area contributed by atoms with Crippen molar-refractivity contribution >= 4 is 5.97 Å². The van der Waals surface area contributed by atoms with Gasteiger partial charge in [0.2, 0.25) is 0 Å². The molecule has 0 amide bonds. The van der Waals surface area contributed by atoms with Gasteiger partial charge in [0.25, 0.3) is 0 Å². The Labute approximate surface area is 101 Å². The van der Waals surface area contributed by atoms with Crippen LogP contribution in [0.5, 0.6) is 0 Å². The first kappa shape index (κ1) is 12.8. The van der Waals surface area contributed by atoms with E-state index >= 15 is 0 Å². The van der Waals surface area contributed by atoms with Crippen LogP contribution in [-0.4, -0.2) is 59.0 Å². The van der Waals surface area contributed by atoms with E-state index in [0.29, 0.717) is 19.6 Å². The number of carbonyl (C=O) groups is 1. The van der Waals surface area contributed by atoms with Crippen LogP contribution in [-0.2, 0) is 9.53 Å². The van der Waals surface area contributed by atoms with Gasteiger partial charge < -0.3 is 14.9 Å². The molecule has 2 heterocycles. The number of hydrogen-bond donors (Lipinski definition) is 2. The van der Waals surface area contributed by atoms with Crippen LogP contribution in [0.25, 0.3) is 0 Å². The minimum absolute atomic E-state index is 0.179. The Balaban J connectivity index is 1.89. The van der Waals surface area contributed by atoms with Gasteiger partial charge >= 0.3 is 5.97 Å². The molecule has 0 aliphatic carbocycles. The third kappa shape index (κ3) is 3.40. The van der Waals surface area contributed by atoms with Crippen molar-refractivity contribution < 1.29 is 19.7 Å². The fourth-order valence-electron chi connectivity index (χ4n) is 2.92. The van der Waals surface area contributed by atoms with Crippen LogP contribution in [0.15, 0.2) is 0 Å². The number of aliphatic hydroxyl groups excluding tert-OH is 1. The first-order valence-electron chi connectivity index (χ1n) is 6.36. The Hall–Kier alpha value is -0.650. The first-order chi connectivity index (χ1) is 8.10. The third-order valence-electron chi connectivity index (χ3n) is 3.73. The van der Waals surface area contributed by atoms with E-state index < -0.39 is 5.97 Å². The molecule has 2 rings (SSSR count). The summed E-state index contributed by atoms with van der Waals surface area (Å²) in [4.78, 5) is 12.7. The fourth-order valence-corrected chi connectivity index (χ4v) is 2.92. The van der Waals surface area contributed by atoms with Gasteiger partial charge in [-0.3, -0.25) is 9.69 Å². The highest BCUT2D eigenvalue weighted by Crippen LogP contribution is 2.33.